The van der Waals surface area contributed by atoms with E-state index in [0.29, 0.717) is 23.8 Å². The second kappa shape index (κ2) is 5.87. The lowest BCUT2D eigenvalue weighted by molar-refractivity contribution is 0.0990. The van der Waals surface area contributed by atoms with E-state index in [-0.39, 0.29) is 5.78 Å². The first-order chi connectivity index (χ1) is 9.15. The fraction of sp³-hybridized carbons (Fsp3) is 0.467. The van der Waals surface area contributed by atoms with Gasteiger partial charge in [-0.3, -0.25) is 9.48 Å². The lowest BCUT2D eigenvalue weighted by atomic mass is 10.1. The van der Waals surface area contributed by atoms with Crippen LogP contribution < -0.4 is 0 Å². The molecule has 0 radical (unpaired) electrons. The normalized spacial score (nSPS) is 11.2. The molecule has 0 spiro atoms. The summed E-state index contributed by atoms with van der Waals surface area (Å²) < 4.78 is 7.12. The van der Waals surface area contributed by atoms with Crippen LogP contribution in [0.15, 0.2) is 29.0 Å². The van der Waals surface area contributed by atoms with Gasteiger partial charge >= 0.3 is 0 Å². The molecule has 4 nitrogen and oxygen atoms in total. The Bertz CT molecular complexity index is 550. The third-order valence-corrected chi connectivity index (χ3v) is 3.48. The summed E-state index contributed by atoms with van der Waals surface area (Å²) in [5, 5.41) is 4.50. The van der Waals surface area contributed by atoms with Gasteiger partial charge in [0.2, 0.25) is 0 Å². The topological polar surface area (TPSA) is 48.0 Å². The first-order valence-corrected chi connectivity index (χ1v) is 6.77. The van der Waals surface area contributed by atoms with Crippen molar-refractivity contribution >= 4 is 5.78 Å². The summed E-state index contributed by atoms with van der Waals surface area (Å²) in [4.78, 5) is 12.1. The van der Waals surface area contributed by atoms with E-state index in [1.54, 1.807) is 19.3 Å². The molecule has 2 heterocycles. The molecule has 4 heteroatoms. The van der Waals surface area contributed by atoms with Gasteiger partial charge in [-0.1, -0.05) is 13.8 Å². The number of rotatable bonds is 6. The Hall–Kier alpha value is -1.84. The van der Waals surface area contributed by atoms with E-state index in [0.717, 1.165) is 18.5 Å². The average molecular weight is 260 g/mol. The number of Topliss-reactive ketones (excluding diaryl/α,β-unsaturated/α-hetero) is 1. The van der Waals surface area contributed by atoms with Crippen molar-refractivity contribution in [2.24, 2.45) is 0 Å². The number of nitrogens with zero attached hydrogens (tertiary/aromatic N) is 2. The Kier molecular flexibility index (Phi) is 4.20. The fourth-order valence-electron chi connectivity index (χ4n) is 2.27. The summed E-state index contributed by atoms with van der Waals surface area (Å²) in [6.07, 6.45) is 5.93. The number of carbonyl (C=O) groups is 1. The van der Waals surface area contributed by atoms with E-state index in [9.17, 15) is 4.79 Å². The number of carbonyl (C=O) groups excluding carboxylic acids is 1. The van der Waals surface area contributed by atoms with Crippen molar-refractivity contribution in [1.29, 1.82) is 0 Å². The third kappa shape index (κ3) is 2.95. The molecule has 0 fully saturated rings. The zero-order chi connectivity index (χ0) is 13.8. The van der Waals surface area contributed by atoms with Gasteiger partial charge in [0.1, 0.15) is 5.76 Å². The third-order valence-electron chi connectivity index (χ3n) is 3.48. The summed E-state index contributed by atoms with van der Waals surface area (Å²) in [5.74, 6) is 0.727. The number of ketones is 1. The highest BCUT2D eigenvalue weighted by molar-refractivity contribution is 5.98. The van der Waals surface area contributed by atoms with Crippen molar-refractivity contribution < 1.29 is 9.21 Å². The minimum absolute atomic E-state index is 0.0565. The molecular weight excluding hydrogens is 240 g/mol. The highest BCUT2D eigenvalue weighted by Gasteiger charge is 2.14. The summed E-state index contributed by atoms with van der Waals surface area (Å²) in [6, 6.07) is 4.06. The van der Waals surface area contributed by atoms with Gasteiger partial charge in [0, 0.05) is 6.20 Å². The largest absolute Gasteiger partial charge is 0.469 e. The summed E-state index contributed by atoms with van der Waals surface area (Å²) >= 11 is 0. The maximum atomic E-state index is 12.1. The van der Waals surface area contributed by atoms with Crippen LogP contribution in [0.4, 0.5) is 0 Å². The zero-order valence-corrected chi connectivity index (χ0v) is 11.7. The number of furan rings is 1. The van der Waals surface area contributed by atoms with Crippen molar-refractivity contribution in [2.75, 3.05) is 0 Å². The first kappa shape index (κ1) is 13.6. The van der Waals surface area contributed by atoms with Gasteiger partial charge in [0.25, 0.3) is 0 Å². The van der Waals surface area contributed by atoms with Gasteiger partial charge in [-0.2, -0.15) is 5.10 Å². The molecule has 102 valence electrons. The van der Waals surface area contributed by atoms with Crippen LogP contribution in [0.3, 0.4) is 0 Å². The van der Waals surface area contributed by atoms with Crippen LogP contribution in [0.5, 0.6) is 0 Å². The van der Waals surface area contributed by atoms with E-state index in [1.807, 2.05) is 16.9 Å². The average Bonchev–Trinajstić information content (AvgIpc) is 3.00. The summed E-state index contributed by atoms with van der Waals surface area (Å²) in [7, 11) is 0. The molecule has 0 atom stereocenters. The van der Waals surface area contributed by atoms with Crippen LogP contribution in [0.2, 0.25) is 0 Å². The number of hydrogen-bond donors (Lipinski definition) is 0. The van der Waals surface area contributed by atoms with Crippen molar-refractivity contribution in [1.82, 2.24) is 9.78 Å². The molecule has 0 amide bonds. The Labute approximate surface area is 113 Å². The number of aryl methyl sites for hydroxylation is 1. The molecule has 0 saturated carbocycles. The van der Waals surface area contributed by atoms with E-state index < -0.39 is 0 Å². The smallest absolute Gasteiger partial charge is 0.172 e. The molecule has 2 aromatic rings. The molecule has 0 saturated heterocycles. The van der Waals surface area contributed by atoms with Crippen molar-refractivity contribution in [3.63, 3.8) is 0 Å². The Morgan fingerprint density at radius 2 is 2.11 bits per heavy atom. The second-order valence-corrected chi connectivity index (χ2v) is 4.75. The molecule has 0 N–H and O–H groups in total. The molecule has 19 heavy (non-hydrogen) atoms. The van der Waals surface area contributed by atoms with Gasteiger partial charge in [0.05, 0.1) is 30.0 Å². The molecule has 0 unspecified atom stereocenters. The predicted octanol–water partition coefficient (Wildman–Crippen LogP) is 3.57. The van der Waals surface area contributed by atoms with Gasteiger partial charge < -0.3 is 4.42 Å². The summed E-state index contributed by atoms with van der Waals surface area (Å²) in [5.41, 5.74) is 1.47. The molecule has 0 aromatic carbocycles. The SMILES string of the molecule is CCC(CC)n1ccc(CC(=O)c2ccoc2C)n1. The van der Waals surface area contributed by atoms with Gasteiger partial charge in [-0.15, -0.1) is 0 Å². The molecule has 0 bridgehead atoms. The molecule has 0 aliphatic heterocycles. The maximum Gasteiger partial charge on any atom is 0.172 e. The fourth-order valence-corrected chi connectivity index (χ4v) is 2.27. The lowest BCUT2D eigenvalue weighted by Crippen LogP contribution is -2.09. The van der Waals surface area contributed by atoms with Gasteiger partial charge in [-0.25, -0.2) is 0 Å². The van der Waals surface area contributed by atoms with Gasteiger partial charge in [0.15, 0.2) is 5.78 Å². The van der Waals surface area contributed by atoms with Crippen molar-refractivity contribution in [2.45, 2.75) is 46.1 Å². The van der Waals surface area contributed by atoms with Crippen molar-refractivity contribution in [3.8, 4) is 0 Å². The minimum Gasteiger partial charge on any atom is -0.469 e. The van der Waals surface area contributed by atoms with Crippen LogP contribution in [-0.4, -0.2) is 15.6 Å². The molecule has 0 aliphatic rings. The molecule has 0 aliphatic carbocycles. The predicted molar refractivity (Wildman–Crippen MR) is 73.3 cm³/mol. The van der Waals surface area contributed by atoms with Crippen LogP contribution in [-0.2, 0) is 6.42 Å². The molecule has 2 rings (SSSR count). The highest BCUT2D eigenvalue weighted by Crippen LogP contribution is 2.16. The van der Waals surface area contributed by atoms with Crippen LogP contribution >= 0.6 is 0 Å². The number of aromatic nitrogens is 2. The molecule has 2 aromatic heterocycles. The van der Waals surface area contributed by atoms with E-state index in [2.05, 4.69) is 18.9 Å². The first-order valence-electron chi connectivity index (χ1n) is 6.77. The monoisotopic (exact) mass is 260 g/mol. The maximum absolute atomic E-state index is 12.1. The van der Waals surface area contributed by atoms with Crippen LogP contribution in [0, 0.1) is 6.92 Å². The van der Waals surface area contributed by atoms with E-state index in [1.165, 1.54) is 0 Å². The Morgan fingerprint density at radius 1 is 1.37 bits per heavy atom. The molecular formula is C15H20N2O2. The highest BCUT2D eigenvalue weighted by atomic mass is 16.3. The zero-order valence-electron chi connectivity index (χ0n) is 11.7. The Balaban J connectivity index is 2.08. The van der Waals surface area contributed by atoms with E-state index >= 15 is 0 Å². The number of hydrogen-bond acceptors (Lipinski definition) is 3. The van der Waals surface area contributed by atoms with Crippen LogP contribution in [0.1, 0.15) is 54.5 Å². The Morgan fingerprint density at radius 3 is 2.68 bits per heavy atom. The second-order valence-electron chi connectivity index (χ2n) is 4.75. The standard InChI is InChI=1S/C15H20N2O2/c1-4-13(5-2)17-8-6-12(16-17)10-15(18)14-7-9-19-11(14)3/h6-9,13H,4-5,10H2,1-3H3. The summed E-state index contributed by atoms with van der Waals surface area (Å²) in [6.45, 7) is 6.10. The minimum atomic E-state index is 0.0565. The van der Waals surface area contributed by atoms with E-state index in [4.69, 9.17) is 4.42 Å². The quantitative estimate of drug-likeness (QED) is 0.746. The van der Waals surface area contributed by atoms with Gasteiger partial charge in [-0.05, 0) is 31.9 Å². The van der Waals surface area contributed by atoms with Crippen molar-refractivity contribution in [3.05, 3.63) is 41.6 Å². The van der Waals surface area contributed by atoms with Crippen LogP contribution in [0.25, 0.3) is 0 Å². The lowest BCUT2D eigenvalue weighted by Gasteiger charge is -2.12.